The number of hydrazine groups is 1. The number of nitrogens with zero attached hydrogens (tertiary/aromatic N) is 4. The predicted octanol–water partition coefficient (Wildman–Crippen LogP) is 3.40. The Balaban J connectivity index is 1.58. The van der Waals surface area contributed by atoms with Crippen LogP contribution in [0.2, 0.25) is 10.0 Å². The zero-order chi connectivity index (χ0) is 20.3. The van der Waals surface area contributed by atoms with Gasteiger partial charge in [0.15, 0.2) is 0 Å². The monoisotopic (exact) mass is 426 g/mol. The molecule has 0 spiro atoms. The van der Waals surface area contributed by atoms with Crippen LogP contribution in [0.4, 0.5) is 5.69 Å². The number of carbonyl (C=O) groups excluding carboxylic acids is 2. The number of rotatable bonds is 2. The molecule has 0 bridgehead atoms. The molecule has 0 N–H and O–H groups in total. The second-order valence-electron chi connectivity index (χ2n) is 7.44. The molecule has 5 rings (SSSR count). The lowest BCUT2D eigenvalue weighted by Gasteiger charge is -2.30. The van der Waals surface area contributed by atoms with E-state index in [0.29, 0.717) is 16.3 Å². The highest BCUT2D eigenvalue weighted by Gasteiger charge is 2.63. The Morgan fingerprint density at radius 3 is 2.28 bits per heavy atom. The molecule has 2 aromatic carbocycles. The van der Waals surface area contributed by atoms with Crippen molar-refractivity contribution in [3.8, 4) is 6.07 Å². The van der Waals surface area contributed by atoms with E-state index in [4.69, 9.17) is 28.5 Å². The number of imide groups is 1. The van der Waals surface area contributed by atoms with E-state index in [1.165, 1.54) is 11.0 Å². The second-order valence-corrected chi connectivity index (χ2v) is 8.28. The first kappa shape index (κ1) is 18.6. The van der Waals surface area contributed by atoms with E-state index in [-0.39, 0.29) is 22.9 Å². The number of carbonyl (C=O) groups is 2. The van der Waals surface area contributed by atoms with E-state index < -0.39 is 12.0 Å². The van der Waals surface area contributed by atoms with Crippen LogP contribution in [0.15, 0.2) is 42.5 Å². The number of anilines is 1. The van der Waals surface area contributed by atoms with E-state index >= 15 is 0 Å². The largest absolute Gasteiger partial charge is 0.274 e. The Morgan fingerprint density at radius 2 is 1.62 bits per heavy atom. The second kappa shape index (κ2) is 6.82. The van der Waals surface area contributed by atoms with Gasteiger partial charge in [-0.15, -0.1) is 0 Å². The minimum absolute atomic E-state index is 0.247. The minimum Gasteiger partial charge on any atom is -0.274 e. The fourth-order valence-electron chi connectivity index (χ4n) is 4.77. The summed E-state index contributed by atoms with van der Waals surface area (Å²) in [6.45, 7) is 1.52. The third-order valence-corrected chi connectivity index (χ3v) is 6.48. The number of nitriles is 1. The maximum Gasteiger partial charge on any atom is 0.253 e. The summed E-state index contributed by atoms with van der Waals surface area (Å²) in [7, 11) is 0. The van der Waals surface area contributed by atoms with Crippen molar-refractivity contribution in [2.24, 2.45) is 5.92 Å². The van der Waals surface area contributed by atoms with E-state index in [9.17, 15) is 9.59 Å². The van der Waals surface area contributed by atoms with Gasteiger partial charge in [0.05, 0.1) is 34.3 Å². The molecule has 0 aliphatic carbocycles. The summed E-state index contributed by atoms with van der Waals surface area (Å²) in [4.78, 5) is 28.0. The Labute approximate surface area is 177 Å². The maximum atomic E-state index is 13.5. The van der Waals surface area contributed by atoms with Gasteiger partial charge in [-0.25, -0.2) is 14.9 Å². The van der Waals surface area contributed by atoms with Gasteiger partial charge in [0.25, 0.3) is 5.91 Å². The molecular weight excluding hydrogens is 411 g/mol. The highest BCUT2D eigenvalue weighted by atomic mass is 35.5. The topological polar surface area (TPSA) is 67.6 Å². The van der Waals surface area contributed by atoms with Gasteiger partial charge in [-0.05, 0) is 42.3 Å². The number of hydrogen-bond donors (Lipinski definition) is 0. The van der Waals surface area contributed by atoms with Crippen LogP contribution < -0.4 is 4.90 Å². The molecule has 2 amide bonds. The van der Waals surface area contributed by atoms with Crippen molar-refractivity contribution in [2.75, 3.05) is 18.0 Å². The maximum absolute atomic E-state index is 13.5. The van der Waals surface area contributed by atoms with Crippen molar-refractivity contribution in [1.29, 1.82) is 5.26 Å². The molecule has 146 valence electrons. The third-order valence-electron chi connectivity index (χ3n) is 5.94. The average Bonchev–Trinajstić information content (AvgIpc) is 3.35. The van der Waals surface area contributed by atoms with Crippen LogP contribution in [0.3, 0.4) is 0 Å². The van der Waals surface area contributed by atoms with Crippen molar-refractivity contribution in [3.63, 3.8) is 0 Å². The summed E-state index contributed by atoms with van der Waals surface area (Å²) < 4.78 is 0. The molecular formula is C21H16Cl2N4O2. The average molecular weight is 427 g/mol. The van der Waals surface area contributed by atoms with Gasteiger partial charge >= 0.3 is 0 Å². The fourth-order valence-corrected chi connectivity index (χ4v) is 5.26. The van der Waals surface area contributed by atoms with Crippen LogP contribution in [0, 0.1) is 17.2 Å². The number of benzene rings is 2. The quantitative estimate of drug-likeness (QED) is 0.688. The lowest BCUT2D eigenvalue weighted by molar-refractivity contribution is -0.126. The Kier molecular flexibility index (Phi) is 4.37. The number of fused-ring (bicyclic) bond motifs is 3. The molecule has 6 nitrogen and oxygen atoms in total. The smallest absolute Gasteiger partial charge is 0.253 e. The molecule has 29 heavy (non-hydrogen) atoms. The van der Waals surface area contributed by atoms with Crippen LogP contribution in [-0.2, 0) is 9.59 Å². The van der Waals surface area contributed by atoms with Gasteiger partial charge in [0, 0.05) is 18.1 Å². The van der Waals surface area contributed by atoms with Crippen LogP contribution in [-0.4, -0.2) is 41.0 Å². The highest BCUT2D eigenvalue weighted by Crippen LogP contribution is 2.49. The summed E-state index contributed by atoms with van der Waals surface area (Å²) >= 11 is 12.3. The summed E-state index contributed by atoms with van der Waals surface area (Å²) in [5.41, 5.74) is 1.85. The molecule has 8 heteroatoms. The Bertz CT molecular complexity index is 1070. The summed E-state index contributed by atoms with van der Waals surface area (Å²) in [5, 5.41) is 14.0. The summed E-state index contributed by atoms with van der Waals surface area (Å²) in [6.07, 6.45) is 0.930. The normalized spacial score (nSPS) is 26.7. The van der Waals surface area contributed by atoms with Crippen molar-refractivity contribution in [3.05, 3.63) is 63.6 Å². The standard InChI is InChI=1S/C21H16Cl2N4O2/c22-14-6-7-16(15(23)10-14)27-20(28)17-18(13-4-2-12(11-24)3-5-13)25-8-1-9-26(25)19(17)21(27)29/h2-7,10,17-19H,1,8-9H2/t17-,18-,19-/m1/s1. The van der Waals surface area contributed by atoms with E-state index in [0.717, 1.165) is 25.1 Å². The van der Waals surface area contributed by atoms with E-state index in [1.54, 1.807) is 24.3 Å². The number of hydrogen-bond acceptors (Lipinski definition) is 5. The molecule has 2 aromatic rings. The van der Waals surface area contributed by atoms with Gasteiger partial charge in [0.2, 0.25) is 5.91 Å². The SMILES string of the molecule is N#Cc1ccc([C@@H]2[C@H]3C(=O)N(c4ccc(Cl)cc4Cl)C(=O)[C@@H]3N3CCCN23)cc1. The zero-order valence-corrected chi connectivity index (χ0v) is 16.8. The van der Waals surface area contributed by atoms with Crippen molar-refractivity contribution in [1.82, 2.24) is 10.0 Å². The molecule has 3 aliphatic heterocycles. The molecule has 0 unspecified atom stereocenters. The van der Waals surface area contributed by atoms with Crippen molar-refractivity contribution >= 4 is 40.7 Å². The summed E-state index contributed by atoms with van der Waals surface area (Å²) in [5.74, 6) is -1.04. The molecule has 3 aliphatic rings. The fraction of sp³-hybridized carbons (Fsp3) is 0.286. The first-order valence-corrected chi connectivity index (χ1v) is 10.1. The van der Waals surface area contributed by atoms with Gasteiger partial charge in [-0.1, -0.05) is 35.3 Å². The molecule has 0 aromatic heterocycles. The zero-order valence-electron chi connectivity index (χ0n) is 15.3. The molecule has 0 radical (unpaired) electrons. The van der Waals surface area contributed by atoms with Gasteiger partial charge < -0.3 is 0 Å². The Hall–Kier alpha value is -2.43. The predicted molar refractivity (Wildman–Crippen MR) is 108 cm³/mol. The van der Waals surface area contributed by atoms with Crippen LogP contribution in [0.1, 0.15) is 23.6 Å². The van der Waals surface area contributed by atoms with Gasteiger partial charge in [-0.3, -0.25) is 9.59 Å². The van der Waals surface area contributed by atoms with Gasteiger partial charge in [0.1, 0.15) is 6.04 Å². The molecule has 0 saturated carbocycles. The molecule has 3 atom stereocenters. The van der Waals surface area contributed by atoms with Crippen molar-refractivity contribution in [2.45, 2.75) is 18.5 Å². The number of halogens is 2. The van der Waals surface area contributed by atoms with Crippen LogP contribution >= 0.6 is 23.2 Å². The minimum atomic E-state index is -0.544. The molecule has 3 fully saturated rings. The lowest BCUT2D eigenvalue weighted by Crippen LogP contribution is -2.44. The number of amides is 2. The molecule has 3 heterocycles. The highest BCUT2D eigenvalue weighted by molar-refractivity contribution is 6.38. The molecule has 3 saturated heterocycles. The van der Waals surface area contributed by atoms with E-state index in [2.05, 4.69) is 11.1 Å². The van der Waals surface area contributed by atoms with E-state index in [1.807, 2.05) is 17.1 Å². The van der Waals surface area contributed by atoms with Gasteiger partial charge in [-0.2, -0.15) is 5.26 Å². The lowest BCUT2D eigenvalue weighted by atomic mass is 9.89. The van der Waals surface area contributed by atoms with Crippen LogP contribution in [0.5, 0.6) is 0 Å². The summed E-state index contributed by atoms with van der Waals surface area (Å²) in [6, 6.07) is 13.3. The van der Waals surface area contributed by atoms with Crippen LogP contribution in [0.25, 0.3) is 0 Å². The first-order chi connectivity index (χ1) is 14.0. The third kappa shape index (κ3) is 2.70. The van der Waals surface area contributed by atoms with Crippen molar-refractivity contribution < 1.29 is 9.59 Å². The first-order valence-electron chi connectivity index (χ1n) is 9.37. The Morgan fingerprint density at radius 1 is 0.931 bits per heavy atom.